The van der Waals surface area contributed by atoms with Crippen LogP contribution < -0.4 is 4.74 Å². The molecule has 0 fully saturated rings. The summed E-state index contributed by atoms with van der Waals surface area (Å²) in [5.74, 6) is -1.18. The number of ether oxygens (including phenoxy) is 1. The second-order valence-corrected chi connectivity index (χ2v) is 6.24. The molecule has 100 valence electrons. The van der Waals surface area contributed by atoms with E-state index in [0.29, 0.717) is 11.3 Å². The van der Waals surface area contributed by atoms with Crippen molar-refractivity contribution in [3.63, 3.8) is 0 Å². The molecule has 0 saturated heterocycles. The Hall–Kier alpha value is -1.56. The van der Waals surface area contributed by atoms with Crippen molar-refractivity contribution in [2.24, 2.45) is 0 Å². The molecule has 1 rings (SSSR count). The standard InChI is InChI=1S/C12H16O5S/c1-9-3-4-11(17-2)10(7-9)8-18(15,16)6-5-12(13)14/h3-4,7H,5-6,8H2,1-2H3,(H,13,14). The zero-order valence-corrected chi connectivity index (χ0v) is 11.2. The Labute approximate surface area is 106 Å². The van der Waals surface area contributed by atoms with Crippen LogP contribution in [-0.4, -0.2) is 32.4 Å². The second kappa shape index (κ2) is 5.86. The predicted molar refractivity (Wildman–Crippen MR) is 67.5 cm³/mol. The molecule has 0 spiro atoms. The summed E-state index contributed by atoms with van der Waals surface area (Å²) in [6, 6.07) is 5.26. The first-order valence-corrected chi connectivity index (χ1v) is 7.22. The van der Waals surface area contributed by atoms with Crippen molar-refractivity contribution < 1.29 is 23.1 Å². The van der Waals surface area contributed by atoms with Crippen LogP contribution in [0.1, 0.15) is 17.5 Å². The molecule has 0 aliphatic heterocycles. The Balaban J connectivity index is 2.89. The Morgan fingerprint density at radius 2 is 2.06 bits per heavy atom. The van der Waals surface area contributed by atoms with Gasteiger partial charge in [0.05, 0.1) is 25.0 Å². The average Bonchev–Trinajstić information content (AvgIpc) is 2.26. The zero-order chi connectivity index (χ0) is 13.8. The van der Waals surface area contributed by atoms with E-state index in [1.165, 1.54) is 7.11 Å². The minimum absolute atomic E-state index is 0.203. The van der Waals surface area contributed by atoms with Gasteiger partial charge in [0.1, 0.15) is 5.75 Å². The maximum atomic E-state index is 11.8. The van der Waals surface area contributed by atoms with E-state index < -0.39 is 15.8 Å². The minimum Gasteiger partial charge on any atom is -0.496 e. The topological polar surface area (TPSA) is 80.7 Å². The van der Waals surface area contributed by atoms with Crippen LogP contribution in [0.2, 0.25) is 0 Å². The monoisotopic (exact) mass is 272 g/mol. The van der Waals surface area contributed by atoms with Crippen molar-refractivity contribution in [3.05, 3.63) is 29.3 Å². The third-order valence-electron chi connectivity index (χ3n) is 2.44. The smallest absolute Gasteiger partial charge is 0.304 e. The highest BCUT2D eigenvalue weighted by Gasteiger charge is 2.16. The second-order valence-electron chi connectivity index (χ2n) is 4.05. The first kappa shape index (κ1) is 14.5. The van der Waals surface area contributed by atoms with Gasteiger partial charge in [-0.25, -0.2) is 8.42 Å². The summed E-state index contributed by atoms with van der Waals surface area (Å²) in [5.41, 5.74) is 1.49. The van der Waals surface area contributed by atoms with Gasteiger partial charge in [-0.2, -0.15) is 0 Å². The fourth-order valence-electron chi connectivity index (χ4n) is 1.57. The van der Waals surface area contributed by atoms with Crippen molar-refractivity contribution in [1.82, 2.24) is 0 Å². The molecule has 0 radical (unpaired) electrons. The number of sulfone groups is 1. The summed E-state index contributed by atoms with van der Waals surface area (Å²) in [6.45, 7) is 1.85. The minimum atomic E-state index is -3.44. The van der Waals surface area contributed by atoms with Crippen molar-refractivity contribution in [2.45, 2.75) is 19.1 Å². The van der Waals surface area contributed by atoms with Crippen molar-refractivity contribution in [3.8, 4) is 5.75 Å². The van der Waals surface area contributed by atoms with Gasteiger partial charge < -0.3 is 9.84 Å². The van der Waals surface area contributed by atoms with Gasteiger partial charge in [0.2, 0.25) is 0 Å². The van der Waals surface area contributed by atoms with Crippen LogP contribution in [0.15, 0.2) is 18.2 Å². The molecule has 1 N–H and O–H groups in total. The van der Waals surface area contributed by atoms with Gasteiger partial charge in [0.25, 0.3) is 0 Å². The molecule has 6 heteroatoms. The van der Waals surface area contributed by atoms with Crippen molar-refractivity contribution in [1.29, 1.82) is 0 Å². The molecule has 0 saturated carbocycles. The van der Waals surface area contributed by atoms with Crippen molar-refractivity contribution in [2.75, 3.05) is 12.9 Å². The largest absolute Gasteiger partial charge is 0.496 e. The molecule has 0 aromatic heterocycles. The molecule has 0 aliphatic carbocycles. The van der Waals surface area contributed by atoms with E-state index in [4.69, 9.17) is 9.84 Å². The first-order chi connectivity index (χ1) is 8.34. The molecule has 0 atom stereocenters. The van der Waals surface area contributed by atoms with Crippen LogP contribution in [0.5, 0.6) is 5.75 Å². The van der Waals surface area contributed by atoms with Gasteiger partial charge in [-0.15, -0.1) is 0 Å². The molecular weight excluding hydrogens is 256 g/mol. The highest BCUT2D eigenvalue weighted by molar-refractivity contribution is 7.90. The number of hydrogen-bond donors (Lipinski definition) is 1. The van der Waals surface area contributed by atoms with Crippen LogP contribution in [0.25, 0.3) is 0 Å². The van der Waals surface area contributed by atoms with E-state index >= 15 is 0 Å². The van der Waals surface area contributed by atoms with Gasteiger partial charge in [-0.3, -0.25) is 4.79 Å². The van der Waals surface area contributed by atoms with Crippen LogP contribution in [0.4, 0.5) is 0 Å². The number of hydrogen-bond acceptors (Lipinski definition) is 4. The lowest BCUT2D eigenvalue weighted by Crippen LogP contribution is -2.13. The number of aryl methyl sites for hydroxylation is 1. The van der Waals surface area contributed by atoms with Gasteiger partial charge in [0.15, 0.2) is 9.84 Å². The van der Waals surface area contributed by atoms with Gasteiger partial charge in [0, 0.05) is 5.56 Å². The predicted octanol–water partition coefficient (Wildman–Crippen LogP) is 1.39. The number of rotatable bonds is 6. The summed E-state index contributed by atoms with van der Waals surface area (Å²) in [5, 5.41) is 8.50. The number of carbonyl (C=O) groups is 1. The quantitative estimate of drug-likeness (QED) is 0.846. The number of carboxylic acids is 1. The van der Waals surface area contributed by atoms with Gasteiger partial charge >= 0.3 is 5.97 Å². The lowest BCUT2D eigenvalue weighted by Gasteiger charge is -2.09. The van der Waals surface area contributed by atoms with E-state index in [-0.39, 0.29) is 17.9 Å². The number of benzene rings is 1. The molecule has 5 nitrogen and oxygen atoms in total. The molecule has 1 aromatic rings. The molecule has 0 aliphatic rings. The zero-order valence-electron chi connectivity index (χ0n) is 10.3. The van der Waals surface area contributed by atoms with Crippen LogP contribution in [-0.2, 0) is 20.4 Å². The fourth-order valence-corrected chi connectivity index (χ4v) is 2.90. The SMILES string of the molecule is COc1ccc(C)cc1CS(=O)(=O)CCC(=O)O. The average molecular weight is 272 g/mol. The number of methoxy groups -OCH3 is 1. The fraction of sp³-hybridized carbons (Fsp3) is 0.417. The Kier molecular flexibility index (Phi) is 4.72. The summed E-state index contributed by atoms with van der Waals surface area (Å²) in [4.78, 5) is 10.4. The third kappa shape index (κ3) is 4.37. The molecule has 18 heavy (non-hydrogen) atoms. The Bertz CT molecular complexity index is 533. The van der Waals surface area contributed by atoms with Crippen LogP contribution in [0, 0.1) is 6.92 Å². The maximum Gasteiger partial charge on any atom is 0.304 e. The van der Waals surface area contributed by atoms with Gasteiger partial charge in [-0.05, 0) is 13.0 Å². The molecule has 0 amide bonds. The molecule has 0 heterocycles. The summed E-state index contributed by atoms with van der Waals surface area (Å²) >= 11 is 0. The Morgan fingerprint density at radius 3 is 2.61 bits per heavy atom. The lowest BCUT2D eigenvalue weighted by atomic mass is 10.1. The molecule has 1 aromatic carbocycles. The maximum absolute atomic E-state index is 11.8. The van der Waals surface area contributed by atoms with Crippen LogP contribution >= 0.6 is 0 Å². The van der Waals surface area contributed by atoms with E-state index in [9.17, 15) is 13.2 Å². The summed E-state index contributed by atoms with van der Waals surface area (Å²) in [7, 11) is -1.97. The first-order valence-electron chi connectivity index (χ1n) is 5.40. The van der Waals surface area contributed by atoms with E-state index in [2.05, 4.69) is 0 Å². The highest BCUT2D eigenvalue weighted by Crippen LogP contribution is 2.22. The summed E-state index contributed by atoms with van der Waals surface area (Å²) in [6.07, 6.45) is -0.379. The Morgan fingerprint density at radius 1 is 1.39 bits per heavy atom. The third-order valence-corrected chi connectivity index (χ3v) is 4.02. The van der Waals surface area contributed by atoms with E-state index in [1.54, 1.807) is 12.1 Å². The normalized spacial score (nSPS) is 11.2. The van der Waals surface area contributed by atoms with Gasteiger partial charge in [-0.1, -0.05) is 17.7 Å². The molecular formula is C12H16O5S. The van der Waals surface area contributed by atoms with Crippen molar-refractivity contribution >= 4 is 15.8 Å². The van der Waals surface area contributed by atoms with E-state index in [0.717, 1.165) is 5.56 Å². The van der Waals surface area contributed by atoms with Crippen LogP contribution in [0.3, 0.4) is 0 Å². The lowest BCUT2D eigenvalue weighted by molar-refractivity contribution is -0.136. The molecule has 0 bridgehead atoms. The number of carboxylic acid groups (broad SMARTS) is 1. The summed E-state index contributed by atoms with van der Waals surface area (Å²) < 4.78 is 28.6. The number of aliphatic carboxylic acids is 1. The molecule has 0 unspecified atom stereocenters. The highest BCUT2D eigenvalue weighted by atomic mass is 32.2. The van der Waals surface area contributed by atoms with E-state index in [1.807, 2.05) is 13.0 Å².